The maximum atomic E-state index is 10.3. The van der Waals surface area contributed by atoms with E-state index >= 15 is 0 Å². The summed E-state index contributed by atoms with van der Waals surface area (Å²) in [7, 11) is 0. The predicted molar refractivity (Wildman–Crippen MR) is 32.3 cm³/mol. The van der Waals surface area contributed by atoms with E-state index in [2.05, 4.69) is 10.2 Å². The molecule has 0 amide bonds. The van der Waals surface area contributed by atoms with Crippen LogP contribution in [0.5, 0.6) is 0 Å². The molecule has 1 rings (SSSR count). The van der Waals surface area contributed by atoms with Crippen molar-refractivity contribution in [3.05, 3.63) is 14.7 Å². The topological polar surface area (TPSA) is 45.8 Å². The molecule has 0 radical (unpaired) electrons. The van der Waals surface area contributed by atoms with Crippen LogP contribution in [0.15, 0.2) is 4.79 Å². The number of nitrogens with zero attached hydrogens (tertiary/aromatic N) is 1. The van der Waals surface area contributed by atoms with Crippen LogP contribution in [-0.2, 0) is 5.88 Å². The largest absolute Gasteiger partial charge is 0.322 e. The highest BCUT2D eigenvalue weighted by Gasteiger charge is 1.93. The minimum absolute atomic E-state index is 0.152. The minimum atomic E-state index is -0.152. The van der Waals surface area contributed by atoms with Crippen molar-refractivity contribution in [3.8, 4) is 0 Å². The van der Waals surface area contributed by atoms with Crippen LogP contribution >= 0.6 is 22.9 Å². The van der Waals surface area contributed by atoms with Crippen LogP contribution in [0.3, 0.4) is 0 Å². The summed E-state index contributed by atoms with van der Waals surface area (Å²) in [5, 5.41) is 6.47. The molecule has 44 valence electrons. The van der Waals surface area contributed by atoms with E-state index < -0.39 is 0 Å². The molecule has 1 heterocycles. The van der Waals surface area contributed by atoms with Gasteiger partial charge in [0.25, 0.3) is 0 Å². The monoisotopic (exact) mass is 150 g/mol. The highest BCUT2D eigenvalue weighted by molar-refractivity contribution is 7.09. The van der Waals surface area contributed by atoms with E-state index in [0.717, 1.165) is 11.3 Å². The third-order valence-electron chi connectivity index (χ3n) is 0.597. The average Bonchev–Trinajstić information content (AvgIpc) is 2.14. The van der Waals surface area contributed by atoms with Crippen molar-refractivity contribution in [3.63, 3.8) is 0 Å². The van der Waals surface area contributed by atoms with E-state index in [-0.39, 0.29) is 4.87 Å². The van der Waals surface area contributed by atoms with E-state index in [1.807, 2.05) is 0 Å². The molecule has 0 spiro atoms. The molecule has 0 saturated carbocycles. The zero-order valence-corrected chi connectivity index (χ0v) is 5.42. The van der Waals surface area contributed by atoms with Gasteiger partial charge in [0.15, 0.2) is 0 Å². The van der Waals surface area contributed by atoms with Crippen molar-refractivity contribution >= 4 is 22.9 Å². The average molecular weight is 151 g/mol. The summed E-state index contributed by atoms with van der Waals surface area (Å²) >= 11 is 6.36. The smallest absolute Gasteiger partial charge is 0.255 e. The third kappa shape index (κ3) is 1.08. The summed E-state index contributed by atoms with van der Waals surface area (Å²) < 4.78 is 0. The van der Waals surface area contributed by atoms with Crippen molar-refractivity contribution in [1.29, 1.82) is 0 Å². The fraction of sp³-hybridized carbons (Fsp3) is 0.333. The van der Waals surface area contributed by atoms with Crippen molar-refractivity contribution in [2.45, 2.75) is 5.88 Å². The summed E-state index contributed by atoms with van der Waals surface area (Å²) in [4.78, 5) is 10.1. The Bertz CT molecular complexity index is 217. The van der Waals surface area contributed by atoms with Crippen LogP contribution in [0, 0.1) is 0 Å². The third-order valence-corrected chi connectivity index (χ3v) is 1.76. The number of hydrogen-bond donors (Lipinski definition) is 1. The van der Waals surface area contributed by atoms with Gasteiger partial charge >= 0.3 is 4.87 Å². The number of aromatic amines is 1. The molecule has 8 heavy (non-hydrogen) atoms. The number of alkyl halides is 1. The van der Waals surface area contributed by atoms with Crippen molar-refractivity contribution in [2.75, 3.05) is 0 Å². The van der Waals surface area contributed by atoms with Crippen LogP contribution in [0.25, 0.3) is 0 Å². The Hall–Kier alpha value is -0.350. The number of aromatic nitrogens is 2. The highest BCUT2D eigenvalue weighted by atomic mass is 35.5. The van der Waals surface area contributed by atoms with E-state index in [0.29, 0.717) is 10.9 Å². The number of halogens is 1. The Kier molecular flexibility index (Phi) is 1.65. The lowest BCUT2D eigenvalue weighted by atomic mass is 10.9. The molecule has 0 aromatic carbocycles. The van der Waals surface area contributed by atoms with Gasteiger partial charge in [-0.15, -0.1) is 11.6 Å². The van der Waals surface area contributed by atoms with Crippen LogP contribution < -0.4 is 4.87 Å². The summed E-state index contributed by atoms with van der Waals surface area (Å²) in [5.41, 5.74) is 0. The second-order valence-electron chi connectivity index (χ2n) is 1.14. The van der Waals surface area contributed by atoms with E-state index in [1.54, 1.807) is 0 Å². The van der Waals surface area contributed by atoms with Gasteiger partial charge in [-0.3, -0.25) is 4.79 Å². The van der Waals surface area contributed by atoms with E-state index in [1.165, 1.54) is 0 Å². The standard InChI is InChI=1S/C3H3ClN2OS/c4-1-2-5-6-3(7)8-2/h1H2,(H,6,7). The lowest BCUT2D eigenvalue weighted by molar-refractivity contribution is 1.01. The SMILES string of the molecule is O=c1[nH]nc(CCl)s1. The predicted octanol–water partition coefficient (Wildman–Crippen LogP) is 0.570. The normalized spacial score (nSPS) is 9.62. The molecule has 5 heteroatoms. The van der Waals surface area contributed by atoms with Gasteiger partial charge in [0.1, 0.15) is 5.01 Å². The van der Waals surface area contributed by atoms with Gasteiger partial charge in [-0.1, -0.05) is 11.3 Å². The molecule has 0 unspecified atom stereocenters. The summed E-state index contributed by atoms with van der Waals surface area (Å²) in [6.07, 6.45) is 0. The van der Waals surface area contributed by atoms with Gasteiger partial charge in [-0.05, 0) is 0 Å². The molecule has 3 nitrogen and oxygen atoms in total. The first-order valence-electron chi connectivity index (χ1n) is 1.93. The first-order valence-corrected chi connectivity index (χ1v) is 3.28. The zero-order chi connectivity index (χ0) is 5.98. The van der Waals surface area contributed by atoms with E-state index in [9.17, 15) is 4.79 Å². The Morgan fingerprint density at radius 3 is 2.88 bits per heavy atom. The highest BCUT2D eigenvalue weighted by Crippen LogP contribution is 1.98. The van der Waals surface area contributed by atoms with Gasteiger partial charge in [0.05, 0.1) is 5.88 Å². The minimum Gasteiger partial charge on any atom is -0.255 e. The summed E-state index contributed by atoms with van der Waals surface area (Å²) in [6.45, 7) is 0. The molecule has 0 atom stereocenters. The van der Waals surface area contributed by atoms with Crippen LogP contribution in [0.1, 0.15) is 5.01 Å². The Morgan fingerprint density at radius 1 is 1.88 bits per heavy atom. The number of rotatable bonds is 1. The molecule has 0 aliphatic carbocycles. The molecule has 1 aromatic rings. The molecule has 0 aliphatic rings. The van der Waals surface area contributed by atoms with Crippen LogP contribution in [-0.4, -0.2) is 10.2 Å². The molecule has 0 fully saturated rings. The zero-order valence-electron chi connectivity index (χ0n) is 3.85. The lowest BCUT2D eigenvalue weighted by Crippen LogP contribution is -1.90. The number of hydrogen-bond acceptors (Lipinski definition) is 3. The molecular weight excluding hydrogens is 148 g/mol. The first kappa shape index (κ1) is 5.78. The number of nitrogens with one attached hydrogen (secondary N) is 1. The van der Waals surface area contributed by atoms with Gasteiger partial charge in [-0.25, -0.2) is 5.10 Å². The number of H-pyrrole nitrogens is 1. The van der Waals surface area contributed by atoms with Gasteiger partial charge in [0, 0.05) is 0 Å². The maximum Gasteiger partial charge on any atom is 0.322 e. The molecule has 1 aromatic heterocycles. The summed E-state index contributed by atoms with van der Waals surface area (Å²) in [6, 6.07) is 0. The van der Waals surface area contributed by atoms with Crippen LogP contribution in [0.4, 0.5) is 0 Å². The molecule has 1 N–H and O–H groups in total. The van der Waals surface area contributed by atoms with Gasteiger partial charge < -0.3 is 0 Å². The molecule has 0 aliphatic heterocycles. The van der Waals surface area contributed by atoms with Gasteiger partial charge in [-0.2, -0.15) is 5.10 Å². The first-order chi connectivity index (χ1) is 3.83. The second kappa shape index (κ2) is 2.28. The fourth-order valence-corrected chi connectivity index (χ4v) is 0.992. The second-order valence-corrected chi connectivity index (χ2v) is 2.45. The quantitative estimate of drug-likeness (QED) is 0.595. The van der Waals surface area contributed by atoms with Crippen molar-refractivity contribution in [1.82, 2.24) is 10.2 Å². The molecular formula is C3H3ClN2OS. The Labute approximate surface area is 54.3 Å². The Balaban J connectivity index is 3.01. The molecule has 0 saturated heterocycles. The Morgan fingerprint density at radius 2 is 2.62 bits per heavy atom. The van der Waals surface area contributed by atoms with Gasteiger partial charge in [0.2, 0.25) is 0 Å². The van der Waals surface area contributed by atoms with Crippen molar-refractivity contribution in [2.24, 2.45) is 0 Å². The summed E-state index contributed by atoms with van der Waals surface area (Å²) in [5.74, 6) is 0.309. The lowest BCUT2D eigenvalue weighted by Gasteiger charge is -1.72. The maximum absolute atomic E-state index is 10.3. The fourth-order valence-electron chi connectivity index (χ4n) is 0.318. The van der Waals surface area contributed by atoms with Crippen molar-refractivity contribution < 1.29 is 0 Å². The molecule has 0 bridgehead atoms. The van der Waals surface area contributed by atoms with E-state index in [4.69, 9.17) is 11.6 Å². The van der Waals surface area contributed by atoms with Crippen LogP contribution in [0.2, 0.25) is 0 Å².